The second-order valence-electron chi connectivity index (χ2n) is 8.15. The predicted octanol–water partition coefficient (Wildman–Crippen LogP) is 5.52. The van der Waals surface area contributed by atoms with E-state index in [1.54, 1.807) is 11.3 Å². The first-order valence-electron chi connectivity index (χ1n) is 9.93. The van der Waals surface area contributed by atoms with E-state index in [0.29, 0.717) is 5.92 Å². The summed E-state index contributed by atoms with van der Waals surface area (Å²) in [6.45, 7) is 2.19. The van der Waals surface area contributed by atoms with Crippen molar-refractivity contribution in [3.63, 3.8) is 0 Å². The van der Waals surface area contributed by atoms with Crippen LogP contribution in [0.3, 0.4) is 0 Å². The first kappa shape index (κ1) is 16.9. The number of fused-ring (bicyclic) bond motifs is 3. The third kappa shape index (κ3) is 3.06. The molecule has 2 saturated carbocycles. The molecule has 0 saturated heterocycles. The van der Waals surface area contributed by atoms with Crippen molar-refractivity contribution in [1.82, 2.24) is 10.3 Å². The van der Waals surface area contributed by atoms with Gasteiger partial charge in [0.15, 0.2) is 0 Å². The van der Waals surface area contributed by atoms with Gasteiger partial charge in [0.25, 0.3) is 5.91 Å². The number of nitrogens with one attached hydrogen (secondary N) is 1. The summed E-state index contributed by atoms with van der Waals surface area (Å²) in [6, 6.07) is 14.2. The zero-order chi connectivity index (χ0) is 18.4. The second-order valence-corrected chi connectivity index (χ2v) is 9.10. The minimum atomic E-state index is 0.0293. The zero-order valence-electron chi connectivity index (χ0n) is 15.5. The molecule has 2 aliphatic carbocycles. The number of carbonyl (C=O) groups is 1. The average Bonchev–Trinajstić information content (AvgIpc) is 3.44. The van der Waals surface area contributed by atoms with Crippen LogP contribution >= 0.6 is 11.3 Å². The van der Waals surface area contributed by atoms with Crippen LogP contribution in [0.2, 0.25) is 0 Å². The van der Waals surface area contributed by atoms with E-state index in [1.165, 1.54) is 25.7 Å². The molecular formula is C23H24N2OS. The van der Waals surface area contributed by atoms with Gasteiger partial charge in [-0.2, -0.15) is 0 Å². The smallest absolute Gasteiger partial charge is 0.252 e. The quantitative estimate of drug-likeness (QED) is 0.651. The maximum absolute atomic E-state index is 13.2. The highest BCUT2D eigenvalue weighted by Gasteiger charge is 2.42. The topological polar surface area (TPSA) is 42.0 Å². The number of nitrogens with zero attached hydrogens (tertiary/aromatic N) is 1. The van der Waals surface area contributed by atoms with Crippen LogP contribution in [-0.2, 0) is 0 Å². The summed E-state index contributed by atoms with van der Waals surface area (Å²) in [5.74, 6) is 2.37. The molecule has 2 bridgehead atoms. The van der Waals surface area contributed by atoms with Gasteiger partial charge in [-0.15, -0.1) is 11.3 Å². The molecule has 5 rings (SSSR count). The largest absolute Gasteiger partial charge is 0.349 e. The molecule has 0 radical (unpaired) electrons. The minimum Gasteiger partial charge on any atom is -0.349 e. The number of benzene rings is 1. The number of para-hydroxylation sites is 1. The third-order valence-corrected chi connectivity index (χ3v) is 7.42. The number of rotatable bonds is 4. The lowest BCUT2D eigenvalue weighted by atomic mass is 9.84. The molecule has 3 aromatic rings. The lowest BCUT2D eigenvalue weighted by molar-refractivity contribution is 0.0917. The number of carbonyl (C=O) groups excluding carboxylic acids is 1. The number of hydrogen-bond donors (Lipinski definition) is 1. The van der Waals surface area contributed by atoms with Crippen LogP contribution < -0.4 is 5.32 Å². The summed E-state index contributed by atoms with van der Waals surface area (Å²) >= 11 is 1.65. The Morgan fingerprint density at radius 1 is 1.19 bits per heavy atom. The highest BCUT2D eigenvalue weighted by atomic mass is 32.1. The van der Waals surface area contributed by atoms with Crippen molar-refractivity contribution >= 4 is 28.1 Å². The normalized spacial score (nSPS) is 25.0. The van der Waals surface area contributed by atoms with Gasteiger partial charge in [-0.1, -0.05) is 30.7 Å². The van der Waals surface area contributed by atoms with Gasteiger partial charge in [0.05, 0.1) is 21.7 Å². The van der Waals surface area contributed by atoms with Crippen molar-refractivity contribution in [1.29, 1.82) is 0 Å². The molecule has 4 heteroatoms. The van der Waals surface area contributed by atoms with E-state index >= 15 is 0 Å². The number of aromatic nitrogens is 1. The van der Waals surface area contributed by atoms with E-state index in [1.807, 2.05) is 41.8 Å². The van der Waals surface area contributed by atoms with Gasteiger partial charge in [0.1, 0.15) is 0 Å². The number of hydrogen-bond acceptors (Lipinski definition) is 3. The van der Waals surface area contributed by atoms with Crippen molar-refractivity contribution in [3.8, 4) is 10.6 Å². The Kier molecular flexibility index (Phi) is 4.24. The highest BCUT2D eigenvalue weighted by Crippen LogP contribution is 2.49. The summed E-state index contributed by atoms with van der Waals surface area (Å²) in [5.41, 5.74) is 2.49. The summed E-state index contributed by atoms with van der Waals surface area (Å²) in [6.07, 6.45) is 5.38. The number of pyridine rings is 1. The first-order valence-corrected chi connectivity index (χ1v) is 10.8. The van der Waals surface area contributed by atoms with Gasteiger partial charge in [0, 0.05) is 11.4 Å². The SMILES string of the molecule is C[C@H](NC(=O)c1cc(-c2cccs2)nc2ccccc12)[C@@H]1C[C@H]2CC[C@H]1C2. The summed E-state index contributed by atoms with van der Waals surface area (Å²) < 4.78 is 0. The van der Waals surface area contributed by atoms with E-state index < -0.39 is 0 Å². The number of amides is 1. The standard InChI is InChI=1S/C23H24N2OS/c1-14(18-12-15-8-9-16(18)11-15)24-23(26)19-13-21(22-7-4-10-27-22)25-20-6-3-2-5-17(19)20/h2-7,10,13-16,18H,8-9,11-12H2,1H3,(H,24,26)/t14-,15-,16-,18-/m0/s1. The Morgan fingerprint density at radius 3 is 2.81 bits per heavy atom. The predicted molar refractivity (Wildman–Crippen MR) is 111 cm³/mol. The minimum absolute atomic E-state index is 0.0293. The molecule has 0 unspecified atom stereocenters. The highest BCUT2D eigenvalue weighted by molar-refractivity contribution is 7.13. The fraction of sp³-hybridized carbons (Fsp3) is 0.391. The van der Waals surface area contributed by atoms with Crippen LogP contribution in [0.25, 0.3) is 21.5 Å². The van der Waals surface area contributed by atoms with Gasteiger partial charge in [-0.05, 0) is 67.5 Å². The fourth-order valence-corrected chi connectivity index (χ4v) is 5.90. The average molecular weight is 377 g/mol. The van der Waals surface area contributed by atoms with Gasteiger partial charge >= 0.3 is 0 Å². The Bertz CT molecular complexity index is 981. The monoisotopic (exact) mass is 376 g/mol. The van der Waals surface area contributed by atoms with Crippen molar-refractivity contribution in [2.75, 3.05) is 0 Å². The molecular weight excluding hydrogens is 352 g/mol. The molecule has 138 valence electrons. The fourth-order valence-electron chi connectivity index (χ4n) is 5.21. The Labute approximate surface area is 163 Å². The molecule has 1 amide bonds. The van der Waals surface area contributed by atoms with Crippen LogP contribution in [0.4, 0.5) is 0 Å². The van der Waals surface area contributed by atoms with Gasteiger partial charge in [-0.3, -0.25) is 4.79 Å². The molecule has 3 nitrogen and oxygen atoms in total. The third-order valence-electron chi connectivity index (χ3n) is 6.53. The van der Waals surface area contributed by atoms with E-state index in [-0.39, 0.29) is 11.9 Å². The molecule has 1 N–H and O–H groups in total. The van der Waals surface area contributed by atoms with Gasteiger partial charge in [-0.25, -0.2) is 4.98 Å². The molecule has 1 aromatic carbocycles. The summed E-state index contributed by atoms with van der Waals surface area (Å²) in [5, 5.41) is 6.30. The van der Waals surface area contributed by atoms with Crippen molar-refractivity contribution < 1.29 is 4.79 Å². The van der Waals surface area contributed by atoms with E-state index in [4.69, 9.17) is 4.98 Å². The van der Waals surface area contributed by atoms with Gasteiger partial charge < -0.3 is 5.32 Å². The zero-order valence-corrected chi connectivity index (χ0v) is 16.3. The van der Waals surface area contributed by atoms with Crippen LogP contribution in [0.15, 0.2) is 47.8 Å². The van der Waals surface area contributed by atoms with E-state index in [2.05, 4.69) is 18.3 Å². The maximum atomic E-state index is 13.2. The number of thiophene rings is 1. The van der Waals surface area contributed by atoms with Gasteiger partial charge in [0.2, 0.25) is 0 Å². The van der Waals surface area contributed by atoms with Crippen LogP contribution in [-0.4, -0.2) is 16.9 Å². The lowest BCUT2D eigenvalue weighted by Gasteiger charge is -2.28. The molecule has 2 aliphatic rings. The second kappa shape index (κ2) is 6.75. The molecule has 27 heavy (non-hydrogen) atoms. The van der Waals surface area contributed by atoms with E-state index in [9.17, 15) is 4.79 Å². The molecule has 2 heterocycles. The van der Waals surface area contributed by atoms with Crippen molar-refractivity contribution in [2.45, 2.75) is 38.6 Å². The summed E-state index contributed by atoms with van der Waals surface area (Å²) in [7, 11) is 0. The van der Waals surface area contributed by atoms with Crippen molar-refractivity contribution in [2.24, 2.45) is 17.8 Å². The molecule has 2 aromatic heterocycles. The molecule has 2 fully saturated rings. The van der Waals surface area contributed by atoms with Crippen LogP contribution in [0.5, 0.6) is 0 Å². The molecule has 4 atom stereocenters. The van der Waals surface area contributed by atoms with Crippen LogP contribution in [0.1, 0.15) is 43.0 Å². The first-order chi connectivity index (χ1) is 13.2. The van der Waals surface area contributed by atoms with Crippen LogP contribution in [0, 0.1) is 17.8 Å². The Hall–Kier alpha value is -2.20. The van der Waals surface area contributed by atoms with E-state index in [0.717, 1.165) is 38.9 Å². The summed E-state index contributed by atoms with van der Waals surface area (Å²) in [4.78, 5) is 19.1. The van der Waals surface area contributed by atoms with Crippen molar-refractivity contribution in [3.05, 3.63) is 53.4 Å². The Balaban J connectivity index is 1.47. The lowest BCUT2D eigenvalue weighted by Crippen LogP contribution is -2.40. The Morgan fingerprint density at radius 2 is 2.07 bits per heavy atom. The molecule has 0 aliphatic heterocycles. The molecule has 0 spiro atoms. The maximum Gasteiger partial charge on any atom is 0.252 e.